The highest BCUT2D eigenvalue weighted by molar-refractivity contribution is 5.94. The van der Waals surface area contributed by atoms with Crippen LogP contribution in [0.1, 0.15) is 41.6 Å². The first-order valence-corrected chi connectivity index (χ1v) is 10.4. The second kappa shape index (κ2) is 8.27. The second-order valence-electron chi connectivity index (χ2n) is 8.39. The Bertz CT molecular complexity index is 873. The molecule has 0 aliphatic carbocycles. The fraction of sp³-hybridized carbons (Fsp3) is 0.417. The normalized spacial score (nSPS) is 18.8. The summed E-state index contributed by atoms with van der Waals surface area (Å²) in [6, 6.07) is 16.8. The molecule has 0 radical (unpaired) electrons. The van der Waals surface area contributed by atoms with E-state index in [1.165, 1.54) is 11.6 Å². The van der Waals surface area contributed by atoms with Crippen LogP contribution in [0.2, 0.25) is 0 Å². The molecule has 0 atom stereocenters. The number of phenols is 1. The Morgan fingerprint density at radius 3 is 2.48 bits per heavy atom. The molecular weight excluding hydrogens is 364 g/mol. The Morgan fingerprint density at radius 2 is 1.76 bits per heavy atom. The van der Waals surface area contributed by atoms with Crippen LogP contribution >= 0.6 is 0 Å². The smallest absolute Gasteiger partial charge is 0.253 e. The zero-order valence-electron chi connectivity index (χ0n) is 16.7. The third-order valence-corrected chi connectivity index (χ3v) is 6.47. The zero-order valence-corrected chi connectivity index (χ0v) is 16.7. The molecule has 0 bridgehead atoms. The number of phenolic OH excluding ortho intramolecular Hbond substituents is 1. The molecule has 2 heterocycles. The number of hydrogen-bond donors (Lipinski definition) is 1. The Kier molecular flexibility index (Phi) is 5.56. The van der Waals surface area contributed by atoms with Crippen molar-refractivity contribution < 1.29 is 14.7 Å². The highest BCUT2D eigenvalue weighted by Gasteiger charge is 2.41. The molecule has 0 unspecified atom stereocenters. The quantitative estimate of drug-likeness (QED) is 0.867. The van der Waals surface area contributed by atoms with Crippen molar-refractivity contribution in [2.45, 2.75) is 32.1 Å². The lowest BCUT2D eigenvalue weighted by Gasteiger charge is -2.47. The van der Waals surface area contributed by atoms with Crippen LogP contribution in [0.3, 0.4) is 0 Å². The summed E-state index contributed by atoms with van der Waals surface area (Å²) < 4.78 is 0. The Balaban J connectivity index is 1.36. The molecule has 5 nitrogen and oxygen atoms in total. The van der Waals surface area contributed by atoms with E-state index in [4.69, 9.17) is 0 Å². The molecule has 0 saturated carbocycles. The van der Waals surface area contributed by atoms with Gasteiger partial charge in [0.2, 0.25) is 5.91 Å². The third kappa shape index (κ3) is 4.44. The molecule has 2 amide bonds. The molecule has 2 fully saturated rings. The highest BCUT2D eigenvalue weighted by Crippen LogP contribution is 2.40. The molecule has 1 spiro atoms. The summed E-state index contributed by atoms with van der Waals surface area (Å²) in [5.41, 5.74) is 1.91. The lowest BCUT2D eigenvalue weighted by atomic mass is 9.72. The first kappa shape index (κ1) is 19.5. The van der Waals surface area contributed by atoms with E-state index in [2.05, 4.69) is 12.1 Å². The molecule has 2 aliphatic rings. The number of carbonyl (C=O) groups is 2. The topological polar surface area (TPSA) is 60.9 Å². The van der Waals surface area contributed by atoms with Crippen molar-refractivity contribution in [1.82, 2.24) is 9.80 Å². The molecule has 5 heteroatoms. The lowest BCUT2D eigenvalue weighted by molar-refractivity contribution is -0.138. The molecule has 0 aromatic heterocycles. The summed E-state index contributed by atoms with van der Waals surface area (Å²) in [4.78, 5) is 29.1. The fourth-order valence-electron chi connectivity index (χ4n) is 4.63. The summed E-state index contributed by atoms with van der Waals surface area (Å²) in [5.74, 6) is 0.345. The Morgan fingerprint density at radius 1 is 1.00 bits per heavy atom. The summed E-state index contributed by atoms with van der Waals surface area (Å²) >= 11 is 0. The zero-order chi connectivity index (χ0) is 20.3. The molecule has 1 N–H and O–H groups in total. The van der Waals surface area contributed by atoms with Crippen LogP contribution in [-0.2, 0) is 11.2 Å². The minimum atomic E-state index is -0.0245. The predicted molar refractivity (Wildman–Crippen MR) is 112 cm³/mol. The van der Waals surface area contributed by atoms with Gasteiger partial charge in [0.25, 0.3) is 5.91 Å². The van der Waals surface area contributed by atoms with Gasteiger partial charge in [-0.2, -0.15) is 0 Å². The maximum Gasteiger partial charge on any atom is 0.253 e. The average molecular weight is 392 g/mol. The maximum absolute atomic E-state index is 12.7. The summed E-state index contributed by atoms with van der Waals surface area (Å²) in [6.07, 6.45) is 4.25. The van der Waals surface area contributed by atoms with Crippen LogP contribution in [-0.4, -0.2) is 52.9 Å². The van der Waals surface area contributed by atoms with E-state index in [1.807, 2.05) is 28.0 Å². The van der Waals surface area contributed by atoms with E-state index in [0.717, 1.165) is 38.8 Å². The van der Waals surface area contributed by atoms with E-state index >= 15 is 0 Å². The van der Waals surface area contributed by atoms with Crippen LogP contribution in [0.25, 0.3) is 0 Å². The second-order valence-corrected chi connectivity index (χ2v) is 8.39. The number of nitrogens with zero attached hydrogens (tertiary/aromatic N) is 2. The maximum atomic E-state index is 12.7. The van der Waals surface area contributed by atoms with Crippen molar-refractivity contribution in [1.29, 1.82) is 0 Å². The number of aromatic hydroxyl groups is 1. The summed E-state index contributed by atoms with van der Waals surface area (Å²) in [7, 11) is 0. The molecule has 29 heavy (non-hydrogen) atoms. The van der Waals surface area contributed by atoms with Gasteiger partial charge in [-0.25, -0.2) is 0 Å². The number of amides is 2. The third-order valence-electron chi connectivity index (χ3n) is 6.47. The lowest BCUT2D eigenvalue weighted by Crippen LogP contribution is -2.52. The van der Waals surface area contributed by atoms with Crippen molar-refractivity contribution >= 4 is 11.8 Å². The number of benzene rings is 2. The molecule has 152 valence electrons. The highest BCUT2D eigenvalue weighted by atomic mass is 16.3. The molecule has 2 aromatic rings. The van der Waals surface area contributed by atoms with Gasteiger partial charge in [-0.15, -0.1) is 0 Å². The van der Waals surface area contributed by atoms with Crippen LogP contribution in [0.4, 0.5) is 0 Å². The van der Waals surface area contributed by atoms with Gasteiger partial charge in [-0.3, -0.25) is 9.59 Å². The standard InChI is InChI=1S/C24H28N2O3/c27-21-8-4-7-20(17-21)23(29)25-15-12-24(13-16-25)11-9-22(28)26(18-24)14-10-19-5-2-1-3-6-19/h1-8,17,27H,9-16,18H2. The van der Waals surface area contributed by atoms with Crippen LogP contribution in [0.15, 0.2) is 54.6 Å². The number of likely N-dealkylation sites (tertiary alicyclic amines) is 2. The number of carbonyl (C=O) groups excluding carboxylic acids is 2. The van der Waals surface area contributed by atoms with Gasteiger partial charge in [-0.05, 0) is 54.9 Å². The van der Waals surface area contributed by atoms with Crippen LogP contribution < -0.4 is 0 Å². The minimum Gasteiger partial charge on any atom is -0.508 e. The van der Waals surface area contributed by atoms with Crippen molar-refractivity contribution in [3.05, 3.63) is 65.7 Å². The summed E-state index contributed by atoms with van der Waals surface area (Å²) in [6.45, 7) is 2.97. The number of piperidine rings is 2. The van der Waals surface area contributed by atoms with Crippen molar-refractivity contribution in [2.24, 2.45) is 5.41 Å². The van der Waals surface area contributed by atoms with Crippen molar-refractivity contribution in [3.8, 4) is 5.75 Å². The van der Waals surface area contributed by atoms with Crippen LogP contribution in [0, 0.1) is 5.41 Å². The molecule has 2 saturated heterocycles. The van der Waals surface area contributed by atoms with Gasteiger partial charge in [0.1, 0.15) is 5.75 Å². The van der Waals surface area contributed by atoms with Gasteiger partial charge in [0.15, 0.2) is 0 Å². The van der Waals surface area contributed by atoms with E-state index < -0.39 is 0 Å². The first-order valence-electron chi connectivity index (χ1n) is 10.4. The predicted octanol–water partition coefficient (Wildman–Crippen LogP) is 3.48. The minimum absolute atomic E-state index is 0.0245. The SMILES string of the molecule is O=C1CCC2(CCN(C(=O)c3cccc(O)c3)CC2)CN1CCc1ccccc1. The number of hydrogen-bond acceptors (Lipinski definition) is 3. The molecule has 4 rings (SSSR count). The summed E-state index contributed by atoms with van der Waals surface area (Å²) in [5, 5.41) is 9.64. The monoisotopic (exact) mass is 392 g/mol. The van der Waals surface area contributed by atoms with Crippen molar-refractivity contribution in [3.63, 3.8) is 0 Å². The fourth-order valence-corrected chi connectivity index (χ4v) is 4.63. The number of rotatable bonds is 4. The van der Waals surface area contributed by atoms with Gasteiger partial charge in [0.05, 0.1) is 0 Å². The van der Waals surface area contributed by atoms with Crippen molar-refractivity contribution in [2.75, 3.05) is 26.2 Å². The van der Waals surface area contributed by atoms with Gasteiger partial charge >= 0.3 is 0 Å². The van der Waals surface area contributed by atoms with E-state index in [-0.39, 0.29) is 23.0 Å². The molecule has 2 aromatic carbocycles. The molecular formula is C24H28N2O3. The molecule has 2 aliphatic heterocycles. The van der Waals surface area contributed by atoms with Gasteiger partial charge in [-0.1, -0.05) is 36.4 Å². The van der Waals surface area contributed by atoms with Crippen LogP contribution in [0.5, 0.6) is 5.75 Å². The average Bonchev–Trinajstić information content (AvgIpc) is 2.75. The van der Waals surface area contributed by atoms with Gasteiger partial charge in [0, 0.05) is 38.2 Å². The van der Waals surface area contributed by atoms with Gasteiger partial charge < -0.3 is 14.9 Å². The first-order chi connectivity index (χ1) is 14.0. The Labute approximate surface area is 171 Å². The largest absolute Gasteiger partial charge is 0.508 e. The Hall–Kier alpha value is -2.82. The van der Waals surface area contributed by atoms with E-state index in [9.17, 15) is 14.7 Å². The van der Waals surface area contributed by atoms with E-state index in [1.54, 1.807) is 18.2 Å². The van der Waals surface area contributed by atoms with E-state index in [0.29, 0.717) is 25.1 Å².